The number of halogens is 3. The lowest BCUT2D eigenvalue weighted by atomic mass is 10.2. The smallest absolute Gasteiger partial charge is 0.354 e. The van der Waals surface area contributed by atoms with Gasteiger partial charge in [-0.1, -0.05) is 41.7 Å². The van der Waals surface area contributed by atoms with Gasteiger partial charge in [0.15, 0.2) is 0 Å². The molecule has 0 saturated carbocycles. The van der Waals surface area contributed by atoms with Crippen molar-refractivity contribution in [2.24, 2.45) is 0 Å². The standard InChI is InChI=1S/C12H14Cl3NO3S/c1-7(20-3)5-16-6-8(10(17)12(13,14)15)4-9(16)11(18)19-2/h4,6-7H,5H2,1-3H3. The molecule has 1 rings (SSSR count). The number of nitrogens with zero attached hydrogens (tertiary/aromatic N) is 1. The quantitative estimate of drug-likeness (QED) is 0.458. The Morgan fingerprint density at radius 1 is 1.45 bits per heavy atom. The first-order chi connectivity index (χ1) is 9.20. The molecule has 0 radical (unpaired) electrons. The number of Topliss-reactive ketones (excluding diaryl/α,β-unsaturated/α-hetero) is 1. The van der Waals surface area contributed by atoms with E-state index in [4.69, 9.17) is 39.5 Å². The van der Waals surface area contributed by atoms with Crippen LogP contribution in [0.5, 0.6) is 0 Å². The Morgan fingerprint density at radius 3 is 2.50 bits per heavy atom. The highest BCUT2D eigenvalue weighted by atomic mass is 35.6. The van der Waals surface area contributed by atoms with Crippen molar-refractivity contribution in [2.75, 3.05) is 13.4 Å². The third kappa shape index (κ3) is 4.32. The molecule has 0 bridgehead atoms. The van der Waals surface area contributed by atoms with Gasteiger partial charge >= 0.3 is 5.97 Å². The Kier molecular flexibility index (Phi) is 6.25. The molecule has 0 fully saturated rings. The lowest BCUT2D eigenvalue weighted by Gasteiger charge is -2.12. The van der Waals surface area contributed by atoms with Crippen LogP contribution in [0.25, 0.3) is 0 Å². The van der Waals surface area contributed by atoms with Gasteiger partial charge in [0.05, 0.1) is 7.11 Å². The van der Waals surface area contributed by atoms with E-state index in [0.717, 1.165) is 0 Å². The van der Waals surface area contributed by atoms with E-state index in [1.54, 1.807) is 16.3 Å². The van der Waals surface area contributed by atoms with Gasteiger partial charge in [-0.25, -0.2) is 4.79 Å². The Labute approximate surface area is 136 Å². The van der Waals surface area contributed by atoms with Gasteiger partial charge in [-0.3, -0.25) is 4.79 Å². The monoisotopic (exact) mass is 357 g/mol. The van der Waals surface area contributed by atoms with E-state index in [0.29, 0.717) is 6.54 Å². The summed E-state index contributed by atoms with van der Waals surface area (Å²) in [7, 11) is 1.27. The summed E-state index contributed by atoms with van der Waals surface area (Å²) in [6.07, 6.45) is 3.46. The zero-order valence-electron chi connectivity index (χ0n) is 11.2. The number of carbonyl (C=O) groups excluding carboxylic acids is 2. The normalized spacial score (nSPS) is 13.1. The molecule has 1 heterocycles. The molecule has 20 heavy (non-hydrogen) atoms. The predicted molar refractivity (Wildman–Crippen MR) is 83.4 cm³/mol. The van der Waals surface area contributed by atoms with Crippen LogP contribution in [-0.4, -0.2) is 38.7 Å². The summed E-state index contributed by atoms with van der Waals surface area (Å²) in [5.74, 6) is -1.22. The Morgan fingerprint density at radius 2 is 2.05 bits per heavy atom. The number of ketones is 1. The third-order valence-corrected chi connectivity index (χ3v) is 4.14. The first kappa shape index (κ1) is 17.7. The SMILES string of the molecule is COC(=O)c1cc(C(=O)C(Cl)(Cl)Cl)cn1CC(C)SC. The molecular weight excluding hydrogens is 345 g/mol. The molecule has 1 unspecified atom stereocenters. The Balaban J connectivity index is 3.18. The van der Waals surface area contributed by atoms with Gasteiger partial charge in [0.1, 0.15) is 5.69 Å². The Hall–Kier alpha value is -0.360. The Bertz CT molecular complexity index is 511. The van der Waals surface area contributed by atoms with Crippen LogP contribution in [0.2, 0.25) is 0 Å². The lowest BCUT2D eigenvalue weighted by molar-refractivity contribution is 0.0588. The van der Waals surface area contributed by atoms with Crippen LogP contribution in [0.15, 0.2) is 12.3 Å². The number of thioether (sulfide) groups is 1. The molecule has 1 aromatic heterocycles. The van der Waals surface area contributed by atoms with E-state index in [-0.39, 0.29) is 16.5 Å². The second kappa shape index (κ2) is 7.07. The fourth-order valence-corrected chi connectivity index (χ4v) is 2.21. The van der Waals surface area contributed by atoms with Crippen LogP contribution in [0.3, 0.4) is 0 Å². The molecule has 0 spiro atoms. The molecule has 112 valence electrons. The average Bonchev–Trinajstić information content (AvgIpc) is 2.79. The summed E-state index contributed by atoms with van der Waals surface area (Å²) in [6, 6.07) is 1.38. The minimum atomic E-state index is -2.05. The molecule has 0 N–H and O–H groups in total. The summed E-state index contributed by atoms with van der Waals surface area (Å²) in [5.41, 5.74) is 0.421. The molecule has 4 nitrogen and oxygen atoms in total. The molecule has 0 amide bonds. The largest absolute Gasteiger partial charge is 0.464 e. The van der Waals surface area contributed by atoms with Crippen molar-refractivity contribution >= 4 is 58.3 Å². The van der Waals surface area contributed by atoms with Gasteiger partial charge in [0.2, 0.25) is 5.78 Å². The number of methoxy groups -OCH3 is 1. The molecule has 1 aromatic rings. The number of carbonyl (C=O) groups is 2. The first-order valence-electron chi connectivity index (χ1n) is 5.63. The highest BCUT2D eigenvalue weighted by Crippen LogP contribution is 2.31. The van der Waals surface area contributed by atoms with Gasteiger partial charge in [-0.05, 0) is 12.3 Å². The summed E-state index contributed by atoms with van der Waals surface area (Å²) < 4.78 is 4.28. The van der Waals surface area contributed by atoms with Gasteiger partial charge in [0.25, 0.3) is 3.79 Å². The zero-order chi connectivity index (χ0) is 15.5. The van der Waals surface area contributed by atoms with Gasteiger partial charge in [0, 0.05) is 23.6 Å². The van der Waals surface area contributed by atoms with Gasteiger partial charge < -0.3 is 9.30 Å². The van der Waals surface area contributed by atoms with Crippen LogP contribution >= 0.6 is 46.6 Å². The maximum Gasteiger partial charge on any atom is 0.354 e. The van der Waals surface area contributed by atoms with Crippen LogP contribution in [0.1, 0.15) is 27.8 Å². The average molecular weight is 359 g/mol. The first-order valence-corrected chi connectivity index (χ1v) is 8.05. The minimum Gasteiger partial charge on any atom is -0.464 e. The van der Waals surface area contributed by atoms with E-state index >= 15 is 0 Å². The number of aromatic nitrogens is 1. The highest BCUT2D eigenvalue weighted by molar-refractivity contribution is 7.99. The van der Waals surface area contributed by atoms with E-state index in [1.807, 2.05) is 13.2 Å². The molecule has 1 atom stereocenters. The minimum absolute atomic E-state index is 0.165. The fraction of sp³-hybridized carbons (Fsp3) is 0.500. The molecule has 0 aliphatic heterocycles. The summed E-state index contributed by atoms with van der Waals surface area (Å²) >= 11 is 18.4. The summed E-state index contributed by atoms with van der Waals surface area (Å²) in [6.45, 7) is 2.54. The van der Waals surface area contributed by atoms with E-state index in [2.05, 4.69) is 0 Å². The van der Waals surface area contributed by atoms with Gasteiger partial charge in [-0.2, -0.15) is 11.8 Å². The van der Waals surface area contributed by atoms with E-state index in [9.17, 15) is 9.59 Å². The third-order valence-electron chi connectivity index (χ3n) is 2.67. The van der Waals surface area contributed by atoms with Gasteiger partial charge in [-0.15, -0.1) is 0 Å². The second-order valence-electron chi connectivity index (χ2n) is 4.13. The maximum absolute atomic E-state index is 11.9. The number of esters is 1. The van der Waals surface area contributed by atoms with Crippen molar-refractivity contribution in [3.63, 3.8) is 0 Å². The lowest BCUT2D eigenvalue weighted by Crippen LogP contribution is -2.18. The topological polar surface area (TPSA) is 48.3 Å². The van der Waals surface area contributed by atoms with E-state index in [1.165, 1.54) is 19.4 Å². The van der Waals surface area contributed by atoms with Crippen LogP contribution in [0.4, 0.5) is 0 Å². The molecule has 8 heteroatoms. The number of hydrogen-bond donors (Lipinski definition) is 0. The fourth-order valence-electron chi connectivity index (χ4n) is 1.58. The van der Waals surface area contributed by atoms with Crippen molar-refractivity contribution < 1.29 is 14.3 Å². The van der Waals surface area contributed by atoms with Crippen LogP contribution < -0.4 is 0 Å². The predicted octanol–water partition coefficient (Wildman–Crippen LogP) is 3.58. The highest BCUT2D eigenvalue weighted by Gasteiger charge is 2.33. The number of hydrogen-bond acceptors (Lipinski definition) is 4. The van der Waals surface area contributed by atoms with Crippen LogP contribution in [-0.2, 0) is 11.3 Å². The number of alkyl halides is 3. The number of rotatable bonds is 5. The van der Waals surface area contributed by atoms with E-state index < -0.39 is 15.5 Å². The zero-order valence-corrected chi connectivity index (χ0v) is 14.2. The number of ether oxygens (including phenoxy) is 1. The summed E-state index contributed by atoms with van der Waals surface area (Å²) in [5, 5.41) is 0.251. The molecule has 0 aliphatic carbocycles. The van der Waals surface area contributed by atoms with Crippen molar-refractivity contribution in [1.29, 1.82) is 0 Å². The second-order valence-corrected chi connectivity index (χ2v) is 7.69. The van der Waals surface area contributed by atoms with Crippen molar-refractivity contribution in [3.05, 3.63) is 23.5 Å². The van der Waals surface area contributed by atoms with Crippen molar-refractivity contribution in [1.82, 2.24) is 4.57 Å². The maximum atomic E-state index is 11.9. The molecule has 0 aromatic carbocycles. The summed E-state index contributed by atoms with van der Waals surface area (Å²) in [4.78, 5) is 23.7. The van der Waals surface area contributed by atoms with Crippen LogP contribution in [0, 0.1) is 0 Å². The van der Waals surface area contributed by atoms with Crippen molar-refractivity contribution in [3.8, 4) is 0 Å². The molecule has 0 aliphatic rings. The molecular formula is C12H14Cl3NO3S. The van der Waals surface area contributed by atoms with Crippen molar-refractivity contribution in [2.45, 2.75) is 22.5 Å². The molecule has 0 saturated heterocycles.